The van der Waals surface area contributed by atoms with Crippen LogP contribution < -0.4 is 4.74 Å². The maximum Gasteiger partial charge on any atom is 0.236 e. The van der Waals surface area contributed by atoms with Crippen LogP contribution in [0, 0.1) is 0 Å². The first kappa shape index (κ1) is 20.8. The summed E-state index contributed by atoms with van der Waals surface area (Å²) < 4.78 is 6.44. The molecule has 3 aromatic rings. The number of fused-ring (bicyclic) bond motifs is 1. The molecule has 2 heterocycles. The van der Waals surface area contributed by atoms with Crippen molar-refractivity contribution in [3.63, 3.8) is 0 Å². The monoisotopic (exact) mass is 424 g/mol. The average Bonchev–Trinajstić information content (AvgIpc) is 3.18. The van der Waals surface area contributed by atoms with Crippen LogP contribution in [0.5, 0.6) is 5.75 Å². The number of carbonyl (C=O) groups excluding carboxylic acids is 1. The van der Waals surface area contributed by atoms with E-state index >= 15 is 0 Å². The molecule has 1 amide bonds. The molecule has 0 spiro atoms. The Hall–Kier alpha value is -2.48. The van der Waals surface area contributed by atoms with Crippen LogP contribution in [0.1, 0.15) is 10.6 Å². The van der Waals surface area contributed by atoms with Crippen molar-refractivity contribution in [2.75, 3.05) is 46.9 Å². The van der Waals surface area contributed by atoms with Crippen LogP contribution in [-0.2, 0) is 17.9 Å². The van der Waals surface area contributed by atoms with Crippen LogP contribution in [0.25, 0.3) is 10.2 Å². The Morgan fingerprint density at radius 3 is 2.47 bits per heavy atom. The number of piperazine rings is 1. The van der Waals surface area contributed by atoms with E-state index in [1.54, 1.807) is 23.3 Å². The molecule has 0 aliphatic carbocycles. The van der Waals surface area contributed by atoms with Gasteiger partial charge in [-0.15, -0.1) is 11.3 Å². The van der Waals surface area contributed by atoms with E-state index in [2.05, 4.69) is 28.0 Å². The summed E-state index contributed by atoms with van der Waals surface area (Å²) in [4.78, 5) is 23.9. The first-order valence-corrected chi connectivity index (χ1v) is 11.1. The van der Waals surface area contributed by atoms with E-state index in [0.717, 1.165) is 49.6 Å². The van der Waals surface area contributed by atoms with Crippen LogP contribution in [-0.4, -0.2) is 72.5 Å². The quantitative estimate of drug-likeness (QED) is 0.583. The maximum atomic E-state index is 12.6. The Bertz CT molecular complexity index is 947. The van der Waals surface area contributed by atoms with Gasteiger partial charge in [0.2, 0.25) is 5.91 Å². The molecule has 0 saturated carbocycles. The lowest BCUT2D eigenvalue weighted by Crippen LogP contribution is -2.49. The summed E-state index contributed by atoms with van der Waals surface area (Å²) in [5.74, 6) is 0.988. The number of nitrogens with zero attached hydrogens (tertiary/aromatic N) is 4. The minimum absolute atomic E-state index is 0.158. The van der Waals surface area contributed by atoms with Gasteiger partial charge in [0.05, 0.1) is 30.4 Å². The highest BCUT2D eigenvalue weighted by molar-refractivity contribution is 7.18. The number of amides is 1. The van der Waals surface area contributed by atoms with Gasteiger partial charge in [-0.1, -0.05) is 24.3 Å². The number of hydrogen-bond donors (Lipinski definition) is 0. The fourth-order valence-corrected chi connectivity index (χ4v) is 4.70. The average molecular weight is 425 g/mol. The molecule has 2 aromatic carbocycles. The van der Waals surface area contributed by atoms with Gasteiger partial charge in [-0.3, -0.25) is 14.6 Å². The van der Waals surface area contributed by atoms with E-state index in [4.69, 9.17) is 9.72 Å². The minimum Gasteiger partial charge on any atom is -0.497 e. The van der Waals surface area contributed by atoms with Crippen molar-refractivity contribution in [2.45, 2.75) is 13.1 Å². The maximum absolute atomic E-state index is 12.6. The first-order chi connectivity index (χ1) is 14.6. The molecular weight excluding hydrogens is 396 g/mol. The lowest BCUT2D eigenvalue weighted by Gasteiger charge is -2.34. The number of para-hydroxylation sites is 1. The number of carbonyl (C=O) groups is 1. The molecule has 0 unspecified atom stereocenters. The number of methoxy groups -OCH3 is 1. The molecule has 1 aromatic heterocycles. The largest absolute Gasteiger partial charge is 0.497 e. The van der Waals surface area contributed by atoms with Gasteiger partial charge in [0.1, 0.15) is 10.8 Å². The van der Waals surface area contributed by atoms with E-state index in [9.17, 15) is 4.79 Å². The zero-order valence-electron chi connectivity index (χ0n) is 17.6. The second kappa shape index (κ2) is 9.55. The molecule has 0 bridgehead atoms. The molecule has 7 heteroatoms. The van der Waals surface area contributed by atoms with Crippen molar-refractivity contribution in [2.24, 2.45) is 0 Å². The molecule has 1 aliphatic heterocycles. The normalized spacial score (nSPS) is 15.4. The van der Waals surface area contributed by atoms with Crippen molar-refractivity contribution in [3.05, 3.63) is 59.1 Å². The Morgan fingerprint density at radius 2 is 1.77 bits per heavy atom. The minimum atomic E-state index is 0.158. The van der Waals surface area contributed by atoms with Gasteiger partial charge in [-0.25, -0.2) is 4.98 Å². The van der Waals surface area contributed by atoms with Crippen LogP contribution in [0.15, 0.2) is 48.5 Å². The molecular formula is C23H28N4O2S. The summed E-state index contributed by atoms with van der Waals surface area (Å²) in [5.41, 5.74) is 2.19. The van der Waals surface area contributed by atoms with Gasteiger partial charge in [0.15, 0.2) is 0 Å². The standard InChI is InChI=1S/C23H28N4O2S/c1-25(15-18-7-9-19(29-2)10-8-18)23(28)17-27-13-11-26(12-14-27)16-22-24-20-5-3-4-6-21(20)30-22/h3-10H,11-17H2,1-2H3. The van der Waals surface area contributed by atoms with E-state index in [1.807, 2.05) is 37.4 Å². The van der Waals surface area contributed by atoms with Gasteiger partial charge in [0.25, 0.3) is 0 Å². The van der Waals surface area contributed by atoms with Gasteiger partial charge in [-0.05, 0) is 29.8 Å². The van der Waals surface area contributed by atoms with Gasteiger partial charge in [-0.2, -0.15) is 0 Å². The number of thiazole rings is 1. The molecule has 1 saturated heterocycles. The van der Waals surface area contributed by atoms with Crippen LogP contribution in [0.2, 0.25) is 0 Å². The summed E-state index contributed by atoms with van der Waals surface area (Å²) in [7, 11) is 3.53. The highest BCUT2D eigenvalue weighted by Crippen LogP contribution is 2.23. The lowest BCUT2D eigenvalue weighted by molar-refractivity contribution is -0.132. The Morgan fingerprint density at radius 1 is 1.07 bits per heavy atom. The summed E-state index contributed by atoms with van der Waals surface area (Å²) in [6.45, 7) is 5.72. The zero-order valence-corrected chi connectivity index (χ0v) is 18.4. The number of likely N-dealkylation sites (N-methyl/N-ethyl adjacent to an activating group) is 1. The van der Waals surface area contributed by atoms with Crippen molar-refractivity contribution < 1.29 is 9.53 Å². The van der Waals surface area contributed by atoms with Gasteiger partial charge in [0, 0.05) is 39.8 Å². The Balaban J connectivity index is 1.23. The third kappa shape index (κ3) is 5.16. The third-order valence-corrected chi connectivity index (χ3v) is 6.55. The van der Waals surface area contributed by atoms with Crippen LogP contribution >= 0.6 is 11.3 Å². The SMILES string of the molecule is COc1ccc(CN(C)C(=O)CN2CCN(Cc3nc4ccccc4s3)CC2)cc1. The second-order valence-electron chi connectivity index (χ2n) is 7.73. The molecule has 4 rings (SSSR count). The summed E-state index contributed by atoms with van der Waals surface area (Å²) in [6, 6.07) is 16.2. The number of rotatable bonds is 7. The van der Waals surface area contributed by atoms with E-state index in [-0.39, 0.29) is 5.91 Å². The van der Waals surface area contributed by atoms with Gasteiger partial charge >= 0.3 is 0 Å². The molecule has 158 valence electrons. The fraction of sp³-hybridized carbons (Fsp3) is 0.391. The van der Waals surface area contributed by atoms with Crippen molar-refractivity contribution in [1.29, 1.82) is 0 Å². The number of hydrogen-bond acceptors (Lipinski definition) is 6. The molecule has 0 atom stereocenters. The molecule has 1 aliphatic rings. The van der Waals surface area contributed by atoms with Crippen LogP contribution in [0.3, 0.4) is 0 Å². The number of benzene rings is 2. The lowest BCUT2D eigenvalue weighted by atomic mass is 10.2. The Kier molecular flexibility index (Phi) is 6.62. The Labute approximate surface area is 181 Å². The van der Waals surface area contributed by atoms with Crippen molar-refractivity contribution >= 4 is 27.5 Å². The predicted octanol–water partition coefficient (Wildman–Crippen LogP) is 3.08. The van der Waals surface area contributed by atoms with Gasteiger partial charge < -0.3 is 9.64 Å². The molecule has 0 radical (unpaired) electrons. The molecule has 0 N–H and O–H groups in total. The summed E-state index contributed by atoms with van der Waals surface area (Å²) in [5, 5.41) is 1.17. The topological polar surface area (TPSA) is 48.9 Å². The number of ether oxygens (including phenoxy) is 1. The molecule has 6 nitrogen and oxygen atoms in total. The van der Waals surface area contributed by atoms with Crippen LogP contribution in [0.4, 0.5) is 0 Å². The fourth-order valence-electron chi connectivity index (χ4n) is 3.69. The highest BCUT2D eigenvalue weighted by atomic mass is 32.1. The first-order valence-electron chi connectivity index (χ1n) is 10.3. The zero-order chi connectivity index (χ0) is 20.9. The van der Waals surface area contributed by atoms with E-state index < -0.39 is 0 Å². The van der Waals surface area contributed by atoms with Crippen molar-refractivity contribution in [3.8, 4) is 5.75 Å². The number of aromatic nitrogens is 1. The molecule has 30 heavy (non-hydrogen) atoms. The smallest absolute Gasteiger partial charge is 0.236 e. The predicted molar refractivity (Wildman–Crippen MR) is 121 cm³/mol. The van der Waals surface area contributed by atoms with E-state index in [0.29, 0.717) is 13.1 Å². The van der Waals surface area contributed by atoms with E-state index in [1.165, 1.54) is 9.71 Å². The van der Waals surface area contributed by atoms with Crippen molar-refractivity contribution in [1.82, 2.24) is 19.7 Å². The highest BCUT2D eigenvalue weighted by Gasteiger charge is 2.21. The summed E-state index contributed by atoms with van der Waals surface area (Å²) >= 11 is 1.77. The molecule has 1 fully saturated rings. The summed E-state index contributed by atoms with van der Waals surface area (Å²) in [6.07, 6.45) is 0. The third-order valence-electron chi connectivity index (χ3n) is 5.53. The second-order valence-corrected chi connectivity index (χ2v) is 8.84.